The third-order valence-electron chi connectivity index (χ3n) is 6.81. The second-order valence-electron chi connectivity index (χ2n) is 10.2. The Morgan fingerprint density at radius 2 is 1.86 bits per heavy atom. The molecule has 2 aliphatic rings. The highest BCUT2D eigenvalue weighted by Gasteiger charge is 2.36. The molecule has 0 saturated heterocycles. The maximum absolute atomic E-state index is 13.1. The number of aryl methyl sites for hydroxylation is 2. The summed E-state index contributed by atoms with van der Waals surface area (Å²) in [5.74, 6) is 1.88. The lowest BCUT2D eigenvalue weighted by atomic mass is 9.73. The van der Waals surface area contributed by atoms with Gasteiger partial charge in [-0.25, -0.2) is 0 Å². The van der Waals surface area contributed by atoms with Crippen molar-refractivity contribution >= 4 is 17.3 Å². The fraction of sp³-hybridized carbons (Fsp3) is 0.500. The van der Waals surface area contributed by atoms with Crippen molar-refractivity contribution in [1.29, 1.82) is 0 Å². The number of aromatic nitrogens is 1. The molecule has 2 aliphatic carbocycles. The van der Waals surface area contributed by atoms with E-state index in [2.05, 4.69) is 5.16 Å². The molecule has 4 rings (SSSR count). The van der Waals surface area contributed by atoms with E-state index in [1.54, 1.807) is 14.2 Å². The van der Waals surface area contributed by atoms with Gasteiger partial charge in [0.25, 0.3) is 0 Å². The minimum atomic E-state index is -0.235. The van der Waals surface area contributed by atoms with E-state index in [1.165, 1.54) is 0 Å². The molecule has 36 heavy (non-hydrogen) atoms. The number of carbonyl (C=O) groups is 2. The van der Waals surface area contributed by atoms with Crippen LogP contribution in [0.5, 0.6) is 11.5 Å². The summed E-state index contributed by atoms with van der Waals surface area (Å²) in [5, 5.41) is 15.1. The van der Waals surface area contributed by atoms with Crippen molar-refractivity contribution in [2.45, 2.75) is 65.2 Å². The van der Waals surface area contributed by atoms with Crippen LogP contribution < -0.4 is 9.47 Å². The average Bonchev–Trinajstić information content (AvgIpc) is 3.26. The number of hydrogen-bond acceptors (Lipinski definition) is 8. The van der Waals surface area contributed by atoms with Gasteiger partial charge in [-0.05, 0) is 42.4 Å². The van der Waals surface area contributed by atoms with Gasteiger partial charge in [0, 0.05) is 44.4 Å². The SMILES string of the molecule is COc1ccc(CCN=C2CC(C)(C)CC(=O)/C2=C(/O)CCc2noc3c2C(=O)CCC3)cc1OC. The van der Waals surface area contributed by atoms with Gasteiger partial charge in [0.2, 0.25) is 0 Å². The van der Waals surface area contributed by atoms with Crippen LogP contribution in [0.3, 0.4) is 0 Å². The predicted molar refractivity (Wildman–Crippen MR) is 135 cm³/mol. The molecule has 1 saturated carbocycles. The summed E-state index contributed by atoms with van der Waals surface area (Å²) in [6, 6.07) is 5.74. The fourth-order valence-corrected chi connectivity index (χ4v) is 5.02. The zero-order chi connectivity index (χ0) is 25.9. The largest absolute Gasteiger partial charge is 0.511 e. The van der Waals surface area contributed by atoms with E-state index in [-0.39, 0.29) is 29.2 Å². The molecule has 0 bridgehead atoms. The lowest BCUT2D eigenvalue weighted by Crippen LogP contribution is -2.33. The van der Waals surface area contributed by atoms with E-state index in [0.717, 1.165) is 12.0 Å². The molecule has 2 aromatic rings. The topological polar surface area (TPSA) is 111 Å². The molecule has 1 N–H and O–H groups in total. The van der Waals surface area contributed by atoms with Crippen LogP contribution in [0, 0.1) is 5.41 Å². The highest BCUT2D eigenvalue weighted by atomic mass is 16.5. The van der Waals surface area contributed by atoms with Crippen LogP contribution in [0.1, 0.15) is 73.3 Å². The van der Waals surface area contributed by atoms with Gasteiger partial charge in [0.05, 0.1) is 31.1 Å². The van der Waals surface area contributed by atoms with Crippen molar-refractivity contribution in [2.75, 3.05) is 20.8 Å². The summed E-state index contributed by atoms with van der Waals surface area (Å²) in [6.07, 6.45) is 4.08. The summed E-state index contributed by atoms with van der Waals surface area (Å²) >= 11 is 0. The zero-order valence-corrected chi connectivity index (χ0v) is 21.5. The number of aliphatic imine (C=N–C) groups is 1. The van der Waals surface area contributed by atoms with Gasteiger partial charge in [-0.1, -0.05) is 25.1 Å². The van der Waals surface area contributed by atoms with E-state index >= 15 is 0 Å². The number of aliphatic hydroxyl groups is 1. The molecule has 0 atom stereocenters. The van der Waals surface area contributed by atoms with Crippen LogP contribution in [-0.4, -0.2) is 48.3 Å². The number of allylic oxidation sites excluding steroid dienone is 2. The number of carbonyl (C=O) groups excluding carboxylic acids is 2. The third-order valence-corrected chi connectivity index (χ3v) is 6.81. The van der Waals surface area contributed by atoms with Crippen molar-refractivity contribution in [3.8, 4) is 11.5 Å². The summed E-state index contributed by atoms with van der Waals surface area (Å²) in [7, 11) is 3.20. The lowest BCUT2D eigenvalue weighted by molar-refractivity contribution is -0.117. The van der Waals surface area contributed by atoms with Crippen LogP contribution in [-0.2, 0) is 24.1 Å². The first-order valence-electron chi connectivity index (χ1n) is 12.4. The van der Waals surface area contributed by atoms with Crippen molar-refractivity contribution in [3.05, 3.63) is 52.1 Å². The first-order valence-corrected chi connectivity index (χ1v) is 12.4. The van der Waals surface area contributed by atoms with Gasteiger partial charge in [0.1, 0.15) is 11.5 Å². The second-order valence-corrected chi connectivity index (χ2v) is 10.2. The maximum atomic E-state index is 13.1. The molecular weight excluding hydrogens is 460 g/mol. The Kier molecular flexibility index (Phi) is 7.62. The average molecular weight is 495 g/mol. The Morgan fingerprint density at radius 1 is 1.08 bits per heavy atom. The summed E-state index contributed by atoms with van der Waals surface area (Å²) in [6.45, 7) is 4.54. The molecule has 1 aromatic heterocycles. The molecule has 0 aliphatic heterocycles. The molecule has 0 unspecified atom stereocenters. The first-order chi connectivity index (χ1) is 17.2. The second kappa shape index (κ2) is 10.7. The maximum Gasteiger partial charge on any atom is 0.168 e. The standard InChI is InChI=1S/C28H34N2O6/c1-28(2)15-19(29-13-12-17-8-11-23(34-3)25(14-17)35-4)26(22(33)16-28)21(32)10-9-18-27-20(31)6-5-7-24(27)36-30-18/h8,11,14,32H,5-7,9-10,12-13,15-16H2,1-4H3/b26-21+,29-19?. The fourth-order valence-electron chi connectivity index (χ4n) is 5.02. The number of Topliss-reactive ketones (excluding diaryl/α,β-unsaturated/α-hetero) is 2. The predicted octanol–water partition coefficient (Wildman–Crippen LogP) is 5.03. The number of nitrogens with zero attached hydrogens (tertiary/aromatic N) is 2. The highest BCUT2D eigenvalue weighted by Crippen LogP contribution is 2.36. The lowest BCUT2D eigenvalue weighted by Gasteiger charge is -2.31. The Balaban J connectivity index is 1.53. The zero-order valence-electron chi connectivity index (χ0n) is 21.5. The summed E-state index contributed by atoms with van der Waals surface area (Å²) < 4.78 is 16.0. The number of ether oxygens (including phenoxy) is 2. The van der Waals surface area contributed by atoms with E-state index in [0.29, 0.717) is 84.9 Å². The smallest absolute Gasteiger partial charge is 0.168 e. The van der Waals surface area contributed by atoms with Crippen LogP contribution >= 0.6 is 0 Å². The van der Waals surface area contributed by atoms with Crippen molar-refractivity contribution in [2.24, 2.45) is 10.4 Å². The molecule has 0 radical (unpaired) electrons. The number of aliphatic hydroxyl groups excluding tert-OH is 1. The van der Waals surface area contributed by atoms with Gasteiger partial charge in [-0.2, -0.15) is 0 Å². The monoisotopic (exact) mass is 494 g/mol. The molecule has 8 nitrogen and oxygen atoms in total. The van der Waals surface area contributed by atoms with Crippen LogP contribution in [0.2, 0.25) is 0 Å². The van der Waals surface area contributed by atoms with E-state index < -0.39 is 0 Å². The Labute approximate surface area is 211 Å². The highest BCUT2D eigenvalue weighted by molar-refractivity contribution is 6.24. The van der Waals surface area contributed by atoms with Crippen molar-refractivity contribution in [3.63, 3.8) is 0 Å². The number of benzene rings is 1. The quantitative estimate of drug-likeness (QED) is 0.405. The minimum Gasteiger partial charge on any atom is -0.511 e. The normalized spacial score (nSPS) is 19.8. The molecule has 8 heteroatoms. The molecule has 192 valence electrons. The molecule has 0 amide bonds. The Morgan fingerprint density at radius 3 is 2.61 bits per heavy atom. The minimum absolute atomic E-state index is 0.000347. The first kappa shape index (κ1) is 25.7. The van der Waals surface area contributed by atoms with Gasteiger partial charge in [-0.3, -0.25) is 14.6 Å². The van der Waals surface area contributed by atoms with E-state index in [1.807, 2.05) is 32.0 Å². The summed E-state index contributed by atoms with van der Waals surface area (Å²) in [5.41, 5.74) is 2.85. The van der Waals surface area contributed by atoms with Crippen LogP contribution in [0.4, 0.5) is 0 Å². The van der Waals surface area contributed by atoms with Gasteiger partial charge >= 0.3 is 0 Å². The van der Waals surface area contributed by atoms with E-state index in [4.69, 9.17) is 19.0 Å². The van der Waals surface area contributed by atoms with Gasteiger partial charge < -0.3 is 19.1 Å². The van der Waals surface area contributed by atoms with Crippen molar-refractivity contribution in [1.82, 2.24) is 5.16 Å². The Bertz CT molecular complexity index is 1220. The molecule has 1 heterocycles. The van der Waals surface area contributed by atoms with Gasteiger partial charge in [-0.15, -0.1) is 0 Å². The Hall–Kier alpha value is -3.42. The number of methoxy groups -OCH3 is 2. The molecule has 1 aromatic carbocycles. The molecule has 1 fully saturated rings. The van der Waals surface area contributed by atoms with Crippen LogP contribution in [0.15, 0.2) is 39.0 Å². The van der Waals surface area contributed by atoms with Gasteiger partial charge in [0.15, 0.2) is 23.1 Å². The number of rotatable bonds is 8. The van der Waals surface area contributed by atoms with Crippen LogP contribution in [0.25, 0.3) is 0 Å². The number of ketones is 2. The van der Waals surface area contributed by atoms with E-state index in [9.17, 15) is 14.7 Å². The number of fused-ring (bicyclic) bond motifs is 1. The molecular formula is C28H34N2O6. The molecule has 0 spiro atoms. The van der Waals surface area contributed by atoms with Crippen molar-refractivity contribution < 1.29 is 28.7 Å². The third kappa shape index (κ3) is 5.53. The summed E-state index contributed by atoms with van der Waals surface area (Å²) in [4.78, 5) is 30.2. The number of hydrogen-bond donors (Lipinski definition) is 1.